The van der Waals surface area contributed by atoms with Crippen molar-refractivity contribution in [1.82, 2.24) is 28.6 Å². The molecular weight excluding hydrogens is 404 g/mol. The highest BCUT2D eigenvalue weighted by Gasteiger charge is 2.28. The summed E-state index contributed by atoms with van der Waals surface area (Å²) in [5.41, 5.74) is 2.62. The van der Waals surface area contributed by atoms with Crippen molar-refractivity contribution in [1.29, 1.82) is 0 Å². The molecule has 5 rings (SSSR count). The second-order valence-corrected chi connectivity index (χ2v) is 8.49. The van der Waals surface area contributed by atoms with Gasteiger partial charge in [-0.15, -0.1) is 10.2 Å². The molecule has 1 aliphatic heterocycles. The number of aromatic nitrogens is 5. The first-order valence-corrected chi connectivity index (χ1v) is 11.4. The molecule has 8 heteroatoms. The summed E-state index contributed by atoms with van der Waals surface area (Å²) in [6, 6.07) is 13.7. The predicted octanol–water partition coefficient (Wildman–Crippen LogP) is 3.05. The lowest BCUT2D eigenvalue weighted by Gasteiger charge is -2.32. The number of nitrogens with zero attached hydrogens (tertiary/aromatic N) is 6. The molecule has 166 valence electrons. The van der Waals surface area contributed by atoms with Crippen LogP contribution in [0.3, 0.4) is 0 Å². The van der Waals surface area contributed by atoms with Gasteiger partial charge in [-0.1, -0.05) is 25.1 Å². The maximum Gasteiger partial charge on any atom is 0.329 e. The van der Waals surface area contributed by atoms with Crippen molar-refractivity contribution in [3.05, 3.63) is 65.0 Å². The third-order valence-electron chi connectivity index (χ3n) is 6.40. The molecule has 1 unspecified atom stereocenters. The van der Waals surface area contributed by atoms with E-state index in [-0.39, 0.29) is 17.5 Å². The fourth-order valence-corrected chi connectivity index (χ4v) is 4.85. The topological polar surface area (TPSA) is 77.4 Å². The van der Waals surface area contributed by atoms with E-state index in [4.69, 9.17) is 0 Å². The van der Waals surface area contributed by atoms with Gasteiger partial charge in [0.2, 0.25) is 5.91 Å². The zero-order valence-corrected chi connectivity index (χ0v) is 18.4. The first-order chi connectivity index (χ1) is 15.7. The lowest BCUT2D eigenvalue weighted by Crippen LogP contribution is -2.40. The van der Waals surface area contributed by atoms with Crippen LogP contribution in [0.15, 0.2) is 53.5 Å². The summed E-state index contributed by atoms with van der Waals surface area (Å²) in [6.07, 6.45) is 5.11. The van der Waals surface area contributed by atoms with Crippen LogP contribution in [0.25, 0.3) is 16.7 Å². The highest BCUT2D eigenvalue weighted by Crippen LogP contribution is 2.26. The van der Waals surface area contributed by atoms with E-state index in [0.29, 0.717) is 26.1 Å². The van der Waals surface area contributed by atoms with Gasteiger partial charge in [0.15, 0.2) is 5.65 Å². The summed E-state index contributed by atoms with van der Waals surface area (Å²) < 4.78 is 5.57. The van der Waals surface area contributed by atoms with Gasteiger partial charge in [0.25, 0.3) is 0 Å². The molecule has 1 atom stereocenters. The normalized spacial score (nSPS) is 16.8. The Morgan fingerprint density at radius 3 is 2.56 bits per heavy atom. The Labute approximate surface area is 186 Å². The predicted molar refractivity (Wildman–Crippen MR) is 123 cm³/mol. The summed E-state index contributed by atoms with van der Waals surface area (Å²) in [4.78, 5) is 28.0. The number of piperidine rings is 1. The van der Waals surface area contributed by atoms with Crippen molar-refractivity contribution in [3.8, 4) is 0 Å². The van der Waals surface area contributed by atoms with Crippen molar-refractivity contribution in [2.45, 2.75) is 51.6 Å². The Morgan fingerprint density at radius 1 is 1.03 bits per heavy atom. The molecule has 0 bridgehead atoms. The number of hydrogen-bond donors (Lipinski definition) is 0. The van der Waals surface area contributed by atoms with E-state index in [9.17, 15) is 9.59 Å². The summed E-state index contributed by atoms with van der Waals surface area (Å²) in [6.45, 7) is 4.53. The molecular formula is C24H28N6O2. The zero-order chi connectivity index (χ0) is 22.1. The van der Waals surface area contributed by atoms with Crippen LogP contribution >= 0.6 is 0 Å². The fraction of sp³-hybridized carbons (Fsp3) is 0.417. The van der Waals surface area contributed by atoms with Crippen LogP contribution in [-0.2, 0) is 17.9 Å². The van der Waals surface area contributed by atoms with Crippen LogP contribution in [0.5, 0.6) is 0 Å². The molecule has 8 nitrogen and oxygen atoms in total. The highest BCUT2D eigenvalue weighted by atomic mass is 16.2. The summed E-state index contributed by atoms with van der Waals surface area (Å²) in [7, 11) is 0. The Morgan fingerprint density at radius 2 is 1.78 bits per heavy atom. The Kier molecular flexibility index (Phi) is 5.51. The van der Waals surface area contributed by atoms with Crippen LogP contribution in [-0.4, -0.2) is 47.6 Å². The highest BCUT2D eigenvalue weighted by molar-refractivity contribution is 5.78. The van der Waals surface area contributed by atoms with E-state index in [2.05, 4.69) is 17.1 Å². The molecule has 0 saturated carbocycles. The molecule has 3 aromatic heterocycles. The number of rotatable bonds is 6. The fourth-order valence-electron chi connectivity index (χ4n) is 4.85. The second-order valence-electron chi connectivity index (χ2n) is 8.49. The molecule has 1 aromatic carbocycles. The van der Waals surface area contributed by atoms with Gasteiger partial charge in [-0.3, -0.25) is 18.3 Å². The number of hydrogen-bond acceptors (Lipinski definition) is 4. The molecule has 1 saturated heterocycles. The minimum Gasteiger partial charge on any atom is -0.342 e. The number of carbonyl (C=O) groups excluding carboxylic acids is 1. The van der Waals surface area contributed by atoms with Gasteiger partial charge < -0.3 is 4.90 Å². The smallest absolute Gasteiger partial charge is 0.329 e. The lowest BCUT2D eigenvalue weighted by molar-refractivity contribution is -0.132. The molecule has 1 aliphatic rings. The Bertz CT molecular complexity index is 1320. The maximum absolute atomic E-state index is 13.1. The third-order valence-corrected chi connectivity index (χ3v) is 6.40. The van der Waals surface area contributed by atoms with Gasteiger partial charge in [-0.2, -0.15) is 0 Å². The molecule has 4 aromatic rings. The zero-order valence-electron chi connectivity index (χ0n) is 18.4. The summed E-state index contributed by atoms with van der Waals surface area (Å²) >= 11 is 0. The van der Waals surface area contributed by atoms with Crippen LogP contribution in [0.2, 0.25) is 0 Å². The quantitative estimate of drug-likeness (QED) is 0.469. The monoisotopic (exact) mass is 432 g/mol. The van der Waals surface area contributed by atoms with E-state index in [1.807, 2.05) is 62.5 Å². The molecule has 1 amide bonds. The van der Waals surface area contributed by atoms with Gasteiger partial charge in [0, 0.05) is 44.7 Å². The van der Waals surface area contributed by atoms with Crippen LogP contribution in [0.1, 0.15) is 44.3 Å². The third kappa shape index (κ3) is 3.59. The average Bonchev–Trinajstić information content (AvgIpc) is 3.37. The Hall–Kier alpha value is -3.42. The van der Waals surface area contributed by atoms with Gasteiger partial charge in [0.05, 0.1) is 11.0 Å². The number of imidazole rings is 1. The van der Waals surface area contributed by atoms with Gasteiger partial charge in [-0.05, 0) is 43.5 Å². The number of para-hydroxylation sites is 2. The second kappa shape index (κ2) is 8.61. The van der Waals surface area contributed by atoms with Crippen molar-refractivity contribution in [3.63, 3.8) is 0 Å². The van der Waals surface area contributed by atoms with E-state index < -0.39 is 0 Å². The summed E-state index contributed by atoms with van der Waals surface area (Å²) in [5, 5.41) is 8.66. The maximum atomic E-state index is 13.1. The van der Waals surface area contributed by atoms with Gasteiger partial charge in [0.1, 0.15) is 5.82 Å². The van der Waals surface area contributed by atoms with Crippen molar-refractivity contribution in [2.75, 3.05) is 13.1 Å². The van der Waals surface area contributed by atoms with E-state index in [0.717, 1.165) is 48.3 Å². The number of benzene rings is 1. The number of aryl methyl sites for hydroxylation is 2. The van der Waals surface area contributed by atoms with Crippen LogP contribution < -0.4 is 5.69 Å². The molecule has 0 N–H and O–H groups in total. The van der Waals surface area contributed by atoms with Gasteiger partial charge >= 0.3 is 5.69 Å². The largest absolute Gasteiger partial charge is 0.342 e. The first kappa shape index (κ1) is 20.5. The van der Waals surface area contributed by atoms with Crippen molar-refractivity contribution < 1.29 is 4.79 Å². The molecule has 0 spiro atoms. The number of likely N-dealkylation sites (tertiary alicyclic amines) is 1. The number of fused-ring (bicyclic) bond motifs is 2. The Balaban J connectivity index is 1.32. The van der Waals surface area contributed by atoms with E-state index in [1.165, 1.54) is 0 Å². The first-order valence-electron chi connectivity index (χ1n) is 11.4. The van der Waals surface area contributed by atoms with Gasteiger partial charge in [-0.25, -0.2) is 4.79 Å². The minimum absolute atomic E-state index is 0.0349. The summed E-state index contributed by atoms with van der Waals surface area (Å²) in [5.74, 6) is 1.17. The molecule has 1 fully saturated rings. The molecule has 4 heterocycles. The number of amides is 1. The molecule has 0 aliphatic carbocycles. The molecule has 0 radical (unpaired) electrons. The standard InChI is InChI=1S/C24H28N6O2/c1-2-13-28-19-9-3-4-10-20(19)29(24(28)32)16-12-22(31)27-14-7-8-18(17-27)23-26-25-21-11-5-6-15-30(21)23/h3-6,9-11,15,18H,2,7-8,12-14,16-17H2,1H3. The molecule has 32 heavy (non-hydrogen) atoms. The van der Waals surface area contributed by atoms with Crippen molar-refractivity contribution >= 4 is 22.6 Å². The van der Waals surface area contributed by atoms with Crippen LogP contribution in [0.4, 0.5) is 0 Å². The van der Waals surface area contributed by atoms with Crippen LogP contribution in [0, 0.1) is 0 Å². The number of carbonyl (C=O) groups is 1. The van der Waals surface area contributed by atoms with E-state index in [1.54, 1.807) is 4.57 Å². The van der Waals surface area contributed by atoms with Crippen molar-refractivity contribution in [2.24, 2.45) is 0 Å². The SMILES string of the molecule is CCCn1c(=O)n(CCC(=O)N2CCCC(c3nnc4ccccn34)C2)c2ccccc21. The lowest BCUT2D eigenvalue weighted by atomic mass is 9.97. The van der Waals surface area contributed by atoms with E-state index >= 15 is 0 Å². The number of pyridine rings is 1. The average molecular weight is 433 g/mol. The minimum atomic E-state index is -0.0349.